The van der Waals surface area contributed by atoms with Crippen LogP contribution in [0.1, 0.15) is 73.3 Å². The third-order valence-electron chi connectivity index (χ3n) is 8.48. The summed E-state index contributed by atoms with van der Waals surface area (Å²) in [6.45, 7) is 8.72. The maximum Gasteiger partial charge on any atom is 0.297 e. The quantitative estimate of drug-likeness (QED) is 0.0879. The zero-order valence-electron chi connectivity index (χ0n) is 30.6. The highest BCUT2D eigenvalue weighted by atomic mass is 32.1. The number of aliphatic hydroxyl groups excluding tert-OH is 1. The van der Waals surface area contributed by atoms with Gasteiger partial charge in [-0.15, -0.1) is 0 Å². The van der Waals surface area contributed by atoms with Crippen LogP contribution in [0, 0.1) is 13.8 Å². The van der Waals surface area contributed by atoms with Gasteiger partial charge < -0.3 is 25.9 Å². The second-order valence-corrected chi connectivity index (χ2v) is 13.4. The molecule has 0 unspecified atom stereocenters. The number of carbonyl (C=O) groups is 4. The number of allylic oxidation sites excluding steroid dienone is 2. The summed E-state index contributed by atoms with van der Waals surface area (Å²) < 4.78 is 13.3. The van der Waals surface area contributed by atoms with Crippen molar-refractivity contribution in [3.63, 3.8) is 0 Å². The number of hydrogen-bond acceptors (Lipinski definition) is 11. The predicted octanol–water partition coefficient (Wildman–Crippen LogP) is 2.71. The lowest BCUT2D eigenvalue weighted by atomic mass is 10.2. The highest BCUT2D eigenvalue weighted by molar-refractivity contribution is 7.16. The Balaban J connectivity index is 1.41. The largest absolute Gasteiger partial charge is 0.491 e. The van der Waals surface area contributed by atoms with Gasteiger partial charge in [0.05, 0.1) is 28.3 Å². The number of nitrogens with zero attached hydrogens (tertiary/aromatic N) is 9. The summed E-state index contributed by atoms with van der Waals surface area (Å²) >= 11 is 1.18. The van der Waals surface area contributed by atoms with E-state index >= 15 is 0 Å². The van der Waals surface area contributed by atoms with Gasteiger partial charge in [0, 0.05) is 51.0 Å². The van der Waals surface area contributed by atoms with Gasteiger partial charge in [-0.2, -0.15) is 15.2 Å². The van der Waals surface area contributed by atoms with E-state index in [2.05, 4.69) is 30.5 Å². The number of imidazole rings is 1. The van der Waals surface area contributed by atoms with Crippen molar-refractivity contribution >= 4 is 62.3 Å². The first-order valence-corrected chi connectivity index (χ1v) is 18.2. The van der Waals surface area contributed by atoms with Crippen LogP contribution in [0.2, 0.25) is 0 Å². The molecule has 18 nitrogen and oxygen atoms in total. The molecule has 0 aliphatic heterocycles. The van der Waals surface area contributed by atoms with Gasteiger partial charge in [0.2, 0.25) is 17.8 Å². The molecule has 0 fully saturated rings. The number of thiazole rings is 1. The van der Waals surface area contributed by atoms with E-state index in [0.717, 1.165) is 0 Å². The SMILES string of the molecule is CCn1nc(C)cc1C(=O)N=c1sc2cc(C(N)=O)cc(OCCCO)c2n1C/C=C/Cn1c(NC(=O)c2cc(C)nn2CC)nc2cc(C(N)=O)cnc21. The molecule has 55 heavy (non-hydrogen) atoms. The second-order valence-electron chi connectivity index (χ2n) is 12.4. The monoisotopic (exact) mass is 768 g/mol. The van der Waals surface area contributed by atoms with Crippen LogP contribution in [0.5, 0.6) is 5.75 Å². The maximum atomic E-state index is 13.6. The minimum atomic E-state index is -0.673. The molecule has 0 spiro atoms. The number of nitrogens with two attached hydrogens (primary N) is 2. The Kier molecular flexibility index (Phi) is 11.3. The lowest BCUT2D eigenvalue weighted by Crippen LogP contribution is -2.20. The van der Waals surface area contributed by atoms with Crippen molar-refractivity contribution in [1.29, 1.82) is 0 Å². The van der Waals surface area contributed by atoms with Crippen molar-refractivity contribution in [3.8, 4) is 5.75 Å². The highest BCUT2D eigenvalue weighted by Crippen LogP contribution is 2.30. The van der Waals surface area contributed by atoms with Crippen LogP contribution in [-0.2, 0) is 26.2 Å². The Labute approximate surface area is 317 Å². The number of aliphatic hydroxyl groups is 1. The summed E-state index contributed by atoms with van der Waals surface area (Å²) in [5.41, 5.74) is 14.8. The zero-order valence-corrected chi connectivity index (χ0v) is 31.5. The van der Waals surface area contributed by atoms with E-state index in [1.54, 1.807) is 50.5 Å². The number of ether oxygens (including phenoxy) is 1. The summed E-state index contributed by atoms with van der Waals surface area (Å²) in [7, 11) is 0. The Morgan fingerprint density at radius 3 is 2.22 bits per heavy atom. The lowest BCUT2D eigenvalue weighted by molar-refractivity contribution is 0.0982. The van der Waals surface area contributed by atoms with Crippen molar-refractivity contribution in [2.75, 3.05) is 18.5 Å². The molecule has 0 atom stereocenters. The van der Waals surface area contributed by atoms with Gasteiger partial charge in [-0.25, -0.2) is 9.97 Å². The third kappa shape index (κ3) is 8.06. The van der Waals surface area contributed by atoms with Gasteiger partial charge in [0.15, 0.2) is 10.4 Å². The van der Waals surface area contributed by atoms with Crippen LogP contribution in [0.3, 0.4) is 0 Å². The molecule has 0 aliphatic carbocycles. The van der Waals surface area contributed by atoms with Crippen LogP contribution in [0.4, 0.5) is 5.95 Å². The molecular formula is C36H40N12O6S. The molecule has 0 radical (unpaired) electrons. The topological polar surface area (TPSA) is 245 Å². The van der Waals surface area contributed by atoms with Gasteiger partial charge in [0.25, 0.3) is 11.8 Å². The fourth-order valence-electron chi connectivity index (χ4n) is 5.94. The fourth-order valence-corrected chi connectivity index (χ4v) is 7.03. The average molecular weight is 769 g/mol. The average Bonchev–Trinajstić information content (AvgIpc) is 3.92. The number of hydrogen-bond donors (Lipinski definition) is 4. The Bertz CT molecular complexity index is 2550. The number of aromatic nitrogens is 8. The van der Waals surface area contributed by atoms with Gasteiger partial charge in [-0.3, -0.25) is 38.4 Å². The van der Waals surface area contributed by atoms with Gasteiger partial charge >= 0.3 is 0 Å². The molecular weight excluding hydrogens is 729 g/mol. The van der Waals surface area contributed by atoms with E-state index in [9.17, 15) is 24.3 Å². The summed E-state index contributed by atoms with van der Waals surface area (Å²) in [5.74, 6) is -1.76. The minimum absolute atomic E-state index is 0.101. The van der Waals surface area contributed by atoms with E-state index in [0.29, 0.717) is 74.2 Å². The molecule has 0 saturated carbocycles. The van der Waals surface area contributed by atoms with Crippen molar-refractivity contribution in [3.05, 3.63) is 87.4 Å². The third-order valence-corrected chi connectivity index (χ3v) is 9.50. The molecule has 19 heteroatoms. The molecule has 6 N–H and O–H groups in total. The predicted molar refractivity (Wildman–Crippen MR) is 204 cm³/mol. The van der Waals surface area contributed by atoms with Crippen LogP contribution in [-0.4, -0.2) is 80.6 Å². The number of anilines is 1. The fraction of sp³-hybridized carbons (Fsp3) is 0.306. The zero-order chi connectivity index (χ0) is 39.4. The summed E-state index contributed by atoms with van der Waals surface area (Å²) in [5, 5.41) is 21.0. The number of pyridine rings is 1. The van der Waals surface area contributed by atoms with E-state index in [-0.39, 0.29) is 43.4 Å². The smallest absolute Gasteiger partial charge is 0.297 e. The number of nitrogens with one attached hydrogen (secondary N) is 1. The molecule has 0 saturated heterocycles. The lowest BCUT2D eigenvalue weighted by Gasteiger charge is -2.11. The Morgan fingerprint density at radius 1 is 0.909 bits per heavy atom. The molecule has 5 aromatic heterocycles. The minimum Gasteiger partial charge on any atom is -0.491 e. The van der Waals surface area contributed by atoms with Gasteiger partial charge in [0.1, 0.15) is 28.2 Å². The van der Waals surface area contributed by atoms with Gasteiger partial charge in [-0.1, -0.05) is 23.5 Å². The van der Waals surface area contributed by atoms with Crippen LogP contribution in [0.25, 0.3) is 21.4 Å². The second kappa shape index (κ2) is 16.3. The van der Waals surface area contributed by atoms with Crippen molar-refractivity contribution in [2.24, 2.45) is 16.5 Å². The van der Waals surface area contributed by atoms with Gasteiger partial charge in [-0.05, 0) is 58.0 Å². The number of aryl methyl sites for hydroxylation is 4. The standard InChI is InChI=1S/C36H40N12O6S/c1-5-47-25(14-20(3)43-47)33(52)41-35-40-24-16-23(31(38)51)19-39-32(24)46(35)11-8-7-10-45-29-27(54-13-9-12-49)17-22(30(37)50)18-28(29)55-36(45)42-34(53)26-15-21(4)44-48(26)6-2/h7-8,14-19,49H,5-6,9-13H2,1-4H3,(H2,37,50)(H2,38,51)(H,40,41,52)/b8-7+,42-36?. The summed E-state index contributed by atoms with van der Waals surface area (Å²) in [4.78, 5) is 65.1. The van der Waals surface area contributed by atoms with E-state index in [4.69, 9.17) is 16.2 Å². The number of fused-ring (bicyclic) bond motifs is 2. The van der Waals surface area contributed by atoms with E-state index in [1.165, 1.54) is 29.7 Å². The maximum absolute atomic E-state index is 13.6. The highest BCUT2D eigenvalue weighted by Gasteiger charge is 2.21. The first-order chi connectivity index (χ1) is 26.4. The first kappa shape index (κ1) is 38.3. The van der Waals surface area contributed by atoms with Crippen LogP contribution >= 0.6 is 11.3 Å². The number of primary amides is 2. The number of benzene rings is 1. The molecule has 4 amide bonds. The van der Waals surface area contributed by atoms with Crippen LogP contribution < -0.4 is 26.3 Å². The van der Waals surface area contributed by atoms with Crippen LogP contribution in [0.15, 0.2) is 53.7 Å². The molecule has 6 rings (SSSR count). The molecule has 0 aliphatic rings. The van der Waals surface area contributed by atoms with E-state index < -0.39 is 23.6 Å². The van der Waals surface area contributed by atoms with Crippen molar-refractivity contribution < 1.29 is 29.0 Å². The number of rotatable bonds is 15. The summed E-state index contributed by atoms with van der Waals surface area (Å²) in [6.07, 6.45) is 5.34. The molecule has 286 valence electrons. The summed E-state index contributed by atoms with van der Waals surface area (Å²) in [6, 6.07) is 8.00. The molecule has 5 heterocycles. The normalized spacial score (nSPS) is 12.0. The van der Waals surface area contributed by atoms with Crippen molar-refractivity contribution in [2.45, 2.75) is 60.3 Å². The Morgan fingerprint density at radius 2 is 1.56 bits per heavy atom. The number of carbonyl (C=O) groups excluding carboxylic acids is 4. The molecule has 0 bridgehead atoms. The number of amides is 4. The first-order valence-electron chi connectivity index (χ1n) is 17.4. The molecule has 6 aromatic rings. The Hall–Kier alpha value is -6.47. The van der Waals surface area contributed by atoms with Crippen molar-refractivity contribution in [1.82, 2.24) is 38.7 Å². The van der Waals surface area contributed by atoms with E-state index in [1.807, 2.05) is 26.0 Å². The molecule has 1 aromatic carbocycles.